The molecule has 1 aliphatic heterocycles. The molecular formula is C10H19NO5S. The molecule has 0 bridgehead atoms. The predicted octanol–water partition coefficient (Wildman–Crippen LogP) is 0.292. The van der Waals surface area contributed by atoms with E-state index >= 15 is 0 Å². The van der Waals surface area contributed by atoms with Gasteiger partial charge in [-0.3, -0.25) is 4.79 Å². The van der Waals surface area contributed by atoms with Gasteiger partial charge in [-0.05, 0) is 25.7 Å². The van der Waals surface area contributed by atoms with Crippen LogP contribution in [0.15, 0.2) is 0 Å². The highest BCUT2D eigenvalue weighted by molar-refractivity contribution is 7.89. The Kier molecular flexibility index (Phi) is 5.35. The van der Waals surface area contributed by atoms with Crippen molar-refractivity contribution in [3.8, 4) is 0 Å². The van der Waals surface area contributed by atoms with Gasteiger partial charge in [-0.25, -0.2) is 8.42 Å². The van der Waals surface area contributed by atoms with Crippen LogP contribution in [0, 0.1) is 0 Å². The summed E-state index contributed by atoms with van der Waals surface area (Å²) in [6.45, 7) is 0.849. The number of carbonyl (C=O) groups is 1. The number of carboxylic acid groups (broad SMARTS) is 1. The first-order valence-corrected chi connectivity index (χ1v) is 7.31. The summed E-state index contributed by atoms with van der Waals surface area (Å²) in [5.41, 5.74) is 0. The molecule has 6 nitrogen and oxygen atoms in total. The maximum atomic E-state index is 11.9. The largest absolute Gasteiger partial charge is 0.480 e. The van der Waals surface area contributed by atoms with E-state index in [4.69, 9.17) is 9.84 Å². The first-order chi connectivity index (χ1) is 7.99. The minimum Gasteiger partial charge on any atom is -0.480 e. The highest BCUT2D eigenvalue weighted by Gasteiger charge is 2.37. The summed E-state index contributed by atoms with van der Waals surface area (Å²) in [5.74, 6) is -1.05. The third kappa shape index (κ3) is 3.93. The Morgan fingerprint density at radius 3 is 2.76 bits per heavy atom. The van der Waals surface area contributed by atoms with Crippen LogP contribution in [0.1, 0.15) is 25.7 Å². The minimum atomic E-state index is -3.44. The molecule has 1 heterocycles. The molecule has 0 amide bonds. The molecule has 0 saturated carbocycles. The molecule has 100 valence electrons. The van der Waals surface area contributed by atoms with Crippen molar-refractivity contribution < 1.29 is 23.1 Å². The van der Waals surface area contributed by atoms with Gasteiger partial charge in [-0.1, -0.05) is 0 Å². The van der Waals surface area contributed by atoms with Crippen molar-refractivity contribution in [3.63, 3.8) is 0 Å². The topological polar surface area (TPSA) is 83.9 Å². The van der Waals surface area contributed by atoms with Crippen LogP contribution >= 0.6 is 0 Å². The average molecular weight is 265 g/mol. The third-order valence-corrected chi connectivity index (χ3v) is 4.80. The molecule has 17 heavy (non-hydrogen) atoms. The molecule has 1 fully saturated rings. The van der Waals surface area contributed by atoms with E-state index in [2.05, 4.69) is 0 Å². The maximum absolute atomic E-state index is 11.9. The number of ether oxygens (including phenoxy) is 1. The molecule has 0 aromatic rings. The molecule has 0 aromatic heterocycles. The van der Waals surface area contributed by atoms with Crippen LogP contribution in [0.5, 0.6) is 0 Å². The lowest BCUT2D eigenvalue weighted by molar-refractivity contribution is -0.140. The van der Waals surface area contributed by atoms with Gasteiger partial charge in [0.25, 0.3) is 0 Å². The summed E-state index contributed by atoms with van der Waals surface area (Å²) >= 11 is 0. The van der Waals surface area contributed by atoms with Crippen LogP contribution < -0.4 is 0 Å². The minimum absolute atomic E-state index is 0.000139. The molecule has 0 aliphatic carbocycles. The highest BCUT2D eigenvalue weighted by atomic mass is 32.2. The number of hydrogen-bond acceptors (Lipinski definition) is 4. The molecular weight excluding hydrogens is 246 g/mol. The summed E-state index contributed by atoms with van der Waals surface area (Å²) < 4.78 is 29.8. The number of methoxy groups -OCH3 is 1. The number of hydrogen-bond donors (Lipinski definition) is 1. The quantitative estimate of drug-likeness (QED) is 0.669. The Morgan fingerprint density at radius 2 is 2.18 bits per heavy atom. The van der Waals surface area contributed by atoms with E-state index in [9.17, 15) is 13.2 Å². The standard InChI is InChI=1S/C10H19NO5S/c1-16-7-2-3-8-17(14,15)11-6-4-5-9(11)10(12)13/h9H,2-8H2,1H3,(H,12,13)/t9-/m1/s1. The fraction of sp³-hybridized carbons (Fsp3) is 0.900. The fourth-order valence-corrected chi connectivity index (χ4v) is 3.76. The van der Waals surface area contributed by atoms with Gasteiger partial charge in [0.15, 0.2) is 0 Å². The van der Waals surface area contributed by atoms with Gasteiger partial charge in [-0.15, -0.1) is 0 Å². The molecule has 7 heteroatoms. The number of aliphatic carboxylic acids is 1. The number of rotatable bonds is 7. The predicted molar refractivity (Wildman–Crippen MR) is 62.3 cm³/mol. The molecule has 1 rings (SSSR count). The van der Waals surface area contributed by atoms with Crippen molar-refractivity contribution in [2.45, 2.75) is 31.7 Å². The Morgan fingerprint density at radius 1 is 1.47 bits per heavy atom. The monoisotopic (exact) mass is 265 g/mol. The zero-order valence-corrected chi connectivity index (χ0v) is 10.8. The van der Waals surface area contributed by atoms with Crippen LogP contribution in [0.3, 0.4) is 0 Å². The maximum Gasteiger partial charge on any atom is 0.322 e. The molecule has 1 N–H and O–H groups in total. The Labute approximate surface area is 102 Å². The van der Waals surface area contributed by atoms with Gasteiger partial charge in [0.1, 0.15) is 6.04 Å². The van der Waals surface area contributed by atoms with Crippen molar-refractivity contribution in [1.82, 2.24) is 4.31 Å². The molecule has 1 saturated heterocycles. The van der Waals surface area contributed by atoms with Crippen LogP contribution in [0.2, 0.25) is 0 Å². The SMILES string of the molecule is COCCCCS(=O)(=O)N1CCC[C@@H]1C(=O)O. The van der Waals surface area contributed by atoms with Gasteiger partial charge >= 0.3 is 5.97 Å². The van der Waals surface area contributed by atoms with Crippen molar-refractivity contribution >= 4 is 16.0 Å². The van der Waals surface area contributed by atoms with Crippen LogP contribution in [0.4, 0.5) is 0 Å². The summed E-state index contributed by atoms with van der Waals surface area (Å²) in [6, 6.07) is -0.873. The van der Waals surface area contributed by atoms with E-state index in [1.165, 1.54) is 0 Å². The van der Waals surface area contributed by atoms with Crippen molar-refractivity contribution in [3.05, 3.63) is 0 Å². The lowest BCUT2D eigenvalue weighted by Crippen LogP contribution is -2.41. The second kappa shape index (κ2) is 6.32. The second-order valence-electron chi connectivity index (χ2n) is 4.12. The summed E-state index contributed by atoms with van der Waals surface area (Å²) in [5, 5.41) is 8.93. The summed E-state index contributed by atoms with van der Waals surface area (Å²) in [7, 11) is -1.87. The van der Waals surface area contributed by atoms with E-state index < -0.39 is 22.0 Å². The number of unbranched alkanes of at least 4 members (excludes halogenated alkanes) is 1. The van der Waals surface area contributed by atoms with Crippen LogP contribution in [0.25, 0.3) is 0 Å². The van der Waals surface area contributed by atoms with E-state index in [-0.39, 0.29) is 5.75 Å². The normalized spacial score (nSPS) is 21.8. The van der Waals surface area contributed by atoms with Gasteiger partial charge < -0.3 is 9.84 Å². The van der Waals surface area contributed by atoms with E-state index in [0.717, 1.165) is 4.31 Å². The van der Waals surface area contributed by atoms with E-state index in [1.807, 2.05) is 0 Å². The first-order valence-electron chi connectivity index (χ1n) is 5.70. The third-order valence-electron chi connectivity index (χ3n) is 2.85. The zero-order chi connectivity index (χ0) is 12.9. The fourth-order valence-electron chi connectivity index (χ4n) is 1.97. The van der Waals surface area contributed by atoms with Gasteiger partial charge in [0.2, 0.25) is 10.0 Å². The van der Waals surface area contributed by atoms with Crippen LogP contribution in [-0.4, -0.2) is 55.9 Å². The Hall–Kier alpha value is -0.660. The van der Waals surface area contributed by atoms with Gasteiger partial charge in [0.05, 0.1) is 5.75 Å². The number of nitrogens with zero attached hydrogens (tertiary/aromatic N) is 1. The summed E-state index contributed by atoms with van der Waals surface area (Å²) in [4.78, 5) is 10.9. The van der Waals surface area contributed by atoms with E-state index in [0.29, 0.717) is 38.8 Å². The number of carboxylic acids is 1. The van der Waals surface area contributed by atoms with Gasteiger partial charge in [0, 0.05) is 20.3 Å². The van der Waals surface area contributed by atoms with Gasteiger partial charge in [-0.2, -0.15) is 4.31 Å². The molecule has 0 aromatic carbocycles. The smallest absolute Gasteiger partial charge is 0.322 e. The lowest BCUT2D eigenvalue weighted by atomic mass is 10.2. The van der Waals surface area contributed by atoms with Crippen LogP contribution in [-0.2, 0) is 19.6 Å². The average Bonchev–Trinajstić information content (AvgIpc) is 2.74. The van der Waals surface area contributed by atoms with Crippen molar-refractivity contribution in [2.24, 2.45) is 0 Å². The molecule has 0 unspecified atom stereocenters. The molecule has 0 spiro atoms. The molecule has 1 aliphatic rings. The zero-order valence-electron chi connectivity index (χ0n) is 9.96. The molecule has 1 atom stereocenters. The number of sulfonamides is 1. The molecule has 0 radical (unpaired) electrons. The van der Waals surface area contributed by atoms with Crippen molar-refractivity contribution in [1.29, 1.82) is 0 Å². The first kappa shape index (κ1) is 14.4. The summed E-state index contributed by atoms with van der Waals surface area (Å²) in [6.07, 6.45) is 2.20. The lowest BCUT2D eigenvalue weighted by Gasteiger charge is -2.20. The van der Waals surface area contributed by atoms with Crippen molar-refractivity contribution in [2.75, 3.05) is 26.0 Å². The highest BCUT2D eigenvalue weighted by Crippen LogP contribution is 2.22. The second-order valence-corrected chi connectivity index (χ2v) is 6.16. The Balaban J connectivity index is 2.54. The van der Waals surface area contributed by atoms with E-state index in [1.54, 1.807) is 7.11 Å². The Bertz CT molecular complexity index is 354.